The molecule has 1 N–H and O–H groups in total. The molecule has 7 nitrogen and oxygen atoms in total. The number of sulfonamides is 1. The predicted molar refractivity (Wildman–Crippen MR) is 149 cm³/mol. The molecule has 1 heterocycles. The molecule has 0 radical (unpaired) electrons. The van der Waals surface area contributed by atoms with Crippen molar-refractivity contribution in [3.05, 3.63) is 107 Å². The molecule has 0 spiro atoms. The van der Waals surface area contributed by atoms with Crippen LogP contribution in [-0.4, -0.2) is 31.0 Å². The van der Waals surface area contributed by atoms with Gasteiger partial charge in [0.1, 0.15) is 5.82 Å². The van der Waals surface area contributed by atoms with Crippen molar-refractivity contribution in [2.45, 2.75) is 44.2 Å². The first kappa shape index (κ1) is 27.6. The topological polar surface area (TPSA) is 90.3 Å². The first-order valence-corrected chi connectivity index (χ1v) is 14.2. The predicted octanol–water partition coefficient (Wildman–Crippen LogP) is 5.86. The van der Waals surface area contributed by atoms with Crippen LogP contribution in [0.15, 0.2) is 83.8 Å². The van der Waals surface area contributed by atoms with Crippen LogP contribution in [0.4, 0.5) is 0 Å². The number of ether oxygens (including phenoxy) is 1. The summed E-state index contributed by atoms with van der Waals surface area (Å²) in [6, 6.07) is 22.5. The van der Waals surface area contributed by atoms with E-state index in [9.17, 15) is 13.2 Å². The zero-order valence-corrected chi connectivity index (χ0v) is 22.9. The average molecular weight is 552 g/mol. The van der Waals surface area contributed by atoms with Gasteiger partial charge in [-0.25, -0.2) is 18.1 Å². The zero-order valence-electron chi connectivity index (χ0n) is 21.4. The van der Waals surface area contributed by atoms with Gasteiger partial charge in [-0.05, 0) is 35.7 Å². The summed E-state index contributed by atoms with van der Waals surface area (Å²) < 4.78 is 36.0. The van der Waals surface area contributed by atoms with E-state index in [1.54, 1.807) is 55.6 Å². The fraction of sp³-hybridized carbons (Fsp3) is 0.241. The molecule has 0 fully saturated rings. The second-order valence-electron chi connectivity index (χ2n) is 8.88. The van der Waals surface area contributed by atoms with Gasteiger partial charge in [0, 0.05) is 31.2 Å². The Hall–Kier alpha value is -3.46. The van der Waals surface area contributed by atoms with Crippen LogP contribution in [0.1, 0.15) is 47.2 Å². The fourth-order valence-corrected chi connectivity index (χ4v) is 5.69. The number of amides is 1. The normalized spacial score (nSPS) is 11.4. The molecule has 0 saturated carbocycles. The van der Waals surface area contributed by atoms with Gasteiger partial charge in [-0.15, -0.1) is 0 Å². The van der Waals surface area contributed by atoms with Crippen molar-refractivity contribution in [2.75, 3.05) is 7.11 Å². The van der Waals surface area contributed by atoms with Crippen molar-refractivity contribution in [1.82, 2.24) is 14.3 Å². The minimum atomic E-state index is -4.11. The molecule has 38 heavy (non-hydrogen) atoms. The summed E-state index contributed by atoms with van der Waals surface area (Å²) in [5, 5.41) is 0.450. The van der Waals surface area contributed by atoms with Crippen LogP contribution < -0.4 is 4.72 Å². The number of nitrogens with one attached hydrogen (secondary N) is 1. The molecule has 1 amide bonds. The van der Waals surface area contributed by atoms with E-state index in [2.05, 4.69) is 21.2 Å². The van der Waals surface area contributed by atoms with Crippen molar-refractivity contribution in [3.8, 4) is 11.1 Å². The van der Waals surface area contributed by atoms with Gasteiger partial charge in [-0.1, -0.05) is 85.6 Å². The molecule has 0 aliphatic rings. The molecule has 1 aromatic heterocycles. The highest BCUT2D eigenvalue weighted by Crippen LogP contribution is 2.28. The molecule has 0 bridgehead atoms. The molecular weight excluding hydrogens is 522 g/mol. The third-order valence-electron chi connectivity index (χ3n) is 6.18. The number of carbonyl (C=O) groups excluding carboxylic acids is 1. The Morgan fingerprint density at radius 3 is 2.37 bits per heavy atom. The number of nitrogens with zero attached hydrogens (tertiary/aromatic N) is 2. The third kappa shape index (κ3) is 6.32. The first-order chi connectivity index (χ1) is 18.3. The van der Waals surface area contributed by atoms with Crippen LogP contribution in [0, 0.1) is 0 Å². The molecule has 0 unspecified atom stereocenters. The summed E-state index contributed by atoms with van der Waals surface area (Å²) in [7, 11) is -2.48. The largest absolute Gasteiger partial charge is 0.378 e. The maximum atomic E-state index is 13.2. The lowest BCUT2D eigenvalue weighted by molar-refractivity contribution is 0.0981. The van der Waals surface area contributed by atoms with Crippen molar-refractivity contribution in [3.63, 3.8) is 0 Å². The maximum absolute atomic E-state index is 13.2. The highest BCUT2D eigenvalue weighted by molar-refractivity contribution is 7.90. The zero-order chi connectivity index (χ0) is 27.1. The maximum Gasteiger partial charge on any atom is 0.264 e. The number of carbonyl (C=O) groups is 1. The van der Waals surface area contributed by atoms with Crippen molar-refractivity contribution in [1.29, 1.82) is 0 Å². The van der Waals surface area contributed by atoms with Crippen molar-refractivity contribution < 1.29 is 17.9 Å². The number of unbranched alkanes of at least 4 members (excludes halogenated alkanes) is 1. The summed E-state index contributed by atoms with van der Waals surface area (Å²) in [5.41, 5.74) is 3.32. The van der Waals surface area contributed by atoms with Crippen LogP contribution >= 0.6 is 11.6 Å². The van der Waals surface area contributed by atoms with Gasteiger partial charge in [0.05, 0.1) is 17.2 Å². The molecular formula is C29H30ClN3O4S. The number of aromatic nitrogens is 2. The number of aryl methyl sites for hydroxylation is 1. The molecule has 4 aromatic rings. The van der Waals surface area contributed by atoms with E-state index in [1.165, 1.54) is 6.07 Å². The Morgan fingerprint density at radius 1 is 1.00 bits per heavy atom. The summed E-state index contributed by atoms with van der Waals surface area (Å²) >= 11 is 6.42. The second-order valence-corrected chi connectivity index (χ2v) is 10.9. The van der Waals surface area contributed by atoms with E-state index in [-0.39, 0.29) is 10.5 Å². The molecule has 3 aromatic carbocycles. The summed E-state index contributed by atoms with van der Waals surface area (Å²) in [6.45, 7) is 3.05. The van der Waals surface area contributed by atoms with Crippen LogP contribution in [0.25, 0.3) is 11.1 Å². The Morgan fingerprint density at radius 2 is 1.68 bits per heavy atom. The van der Waals surface area contributed by atoms with Gasteiger partial charge < -0.3 is 9.30 Å². The molecule has 9 heteroatoms. The number of rotatable bonds is 11. The van der Waals surface area contributed by atoms with E-state index in [1.807, 2.05) is 24.3 Å². The van der Waals surface area contributed by atoms with E-state index in [0.717, 1.165) is 36.3 Å². The molecule has 4 rings (SSSR count). The van der Waals surface area contributed by atoms with Crippen molar-refractivity contribution >= 4 is 27.5 Å². The van der Waals surface area contributed by atoms with E-state index >= 15 is 0 Å². The fourth-order valence-electron chi connectivity index (χ4n) is 4.23. The number of methoxy groups -OCH3 is 1. The first-order valence-electron chi connectivity index (χ1n) is 12.4. The lowest BCUT2D eigenvalue weighted by Crippen LogP contribution is -2.30. The Kier molecular flexibility index (Phi) is 8.99. The Balaban J connectivity index is 1.60. The van der Waals surface area contributed by atoms with Crippen LogP contribution in [-0.2, 0) is 34.3 Å². The highest BCUT2D eigenvalue weighted by Gasteiger charge is 2.22. The SMILES string of the molecule is CCCCc1nc(Cl)c(COC)n1Cc1ccc(-c2ccccc2S(=O)(=O)NC(=O)c2ccccc2)cc1. The highest BCUT2D eigenvalue weighted by atomic mass is 35.5. The van der Waals surface area contributed by atoms with Crippen molar-refractivity contribution in [2.24, 2.45) is 0 Å². The minimum absolute atomic E-state index is 0.0302. The number of benzene rings is 3. The Labute approximate surface area is 228 Å². The van der Waals surface area contributed by atoms with E-state index < -0.39 is 15.9 Å². The lowest BCUT2D eigenvalue weighted by Gasteiger charge is -2.14. The quantitative estimate of drug-likeness (QED) is 0.252. The second kappa shape index (κ2) is 12.4. The van der Waals surface area contributed by atoms with Gasteiger partial charge in [-0.3, -0.25) is 4.79 Å². The monoisotopic (exact) mass is 551 g/mol. The number of hydrogen-bond donors (Lipinski definition) is 1. The molecule has 0 aliphatic heterocycles. The number of hydrogen-bond acceptors (Lipinski definition) is 5. The van der Waals surface area contributed by atoms with E-state index in [0.29, 0.717) is 29.4 Å². The third-order valence-corrected chi connectivity index (χ3v) is 7.87. The standard InChI is InChI=1S/C29H30ClN3O4S/c1-3-4-14-27-31-28(30)25(20-37-2)33(27)19-21-15-17-22(18-16-21)24-12-8-9-13-26(24)38(35,36)32-29(34)23-10-6-5-7-11-23/h5-13,15-18H,3-4,14,19-20H2,1-2H3,(H,32,34). The summed E-state index contributed by atoms with van der Waals surface area (Å²) in [6.07, 6.45) is 2.87. The molecule has 198 valence electrons. The number of imidazole rings is 1. The minimum Gasteiger partial charge on any atom is -0.378 e. The summed E-state index contributed by atoms with van der Waals surface area (Å²) in [4.78, 5) is 17.1. The summed E-state index contributed by atoms with van der Waals surface area (Å²) in [5.74, 6) is 0.235. The van der Waals surface area contributed by atoms with Gasteiger partial charge in [-0.2, -0.15) is 0 Å². The average Bonchev–Trinajstić information content (AvgIpc) is 3.22. The van der Waals surface area contributed by atoms with Crippen LogP contribution in [0.5, 0.6) is 0 Å². The number of halogens is 1. The van der Waals surface area contributed by atoms with Gasteiger partial charge in [0.15, 0.2) is 5.15 Å². The van der Waals surface area contributed by atoms with Crippen LogP contribution in [0.3, 0.4) is 0 Å². The smallest absolute Gasteiger partial charge is 0.264 e. The van der Waals surface area contributed by atoms with Crippen LogP contribution in [0.2, 0.25) is 5.15 Å². The molecule has 0 saturated heterocycles. The Bertz CT molecular complexity index is 1500. The lowest BCUT2D eigenvalue weighted by atomic mass is 10.0. The van der Waals surface area contributed by atoms with Gasteiger partial charge in [0.2, 0.25) is 0 Å². The molecule has 0 atom stereocenters. The van der Waals surface area contributed by atoms with Gasteiger partial charge in [0.25, 0.3) is 15.9 Å². The van der Waals surface area contributed by atoms with E-state index in [4.69, 9.17) is 16.3 Å². The molecule has 0 aliphatic carbocycles. The van der Waals surface area contributed by atoms with Gasteiger partial charge >= 0.3 is 0 Å².